The van der Waals surface area contributed by atoms with Gasteiger partial charge >= 0.3 is 0 Å². The van der Waals surface area contributed by atoms with Crippen LogP contribution in [0.3, 0.4) is 0 Å². The van der Waals surface area contributed by atoms with Gasteiger partial charge in [-0.15, -0.1) is 0 Å². The molecule has 1 aromatic rings. The Morgan fingerprint density at radius 1 is 1.53 bits per heavy atom. The van der Waals surface area contributed by atoms with Gasteiger partial charge in [0.15, 0.2) is 0 Å². The van der Waals surface area contributed by atoms with Crippen molar-refractivity contribution in [2.45, 2.75) is 19.4 Å². The first-order chi connectivity index (χ1) is 7.16. The first-order valence-electron chi connectivity index (χ1n) is 5.02. The highest BCUT2D eigenvalue weighted by Gasteiger charge is 2.15. The molecule has 1 unspecified atom stereocenters. The van der Waals surface area contributed by atoms with E-state index in [0.717, 1.165) is 5.56 Å². The average Bonchev–Trinajstić information content (AvgIpc) is 2.28. The first-order valence-corrected chi connectivity index (χ1v) is 5.02. The van der Waals surface area contributed by atoms with Gasteiger partial charge in [0.25, 0.3) is 0 Å². The SMILES string of the molecule is CC(c1ccncc1)N(C)C(=O)CCN. The van der Waals surface area contributed by atoms with E-state index in [4.69, 9.17) is 5.73 Å². The molecule has 1 atom stereocenters. The third-order valence-electron chi connectivity index (χ3n) is 2.52. The van der Waals surface area contributed by atoms with Crippen molar-refractivity contribution >= 4 is 5.91 Å². The molecule has 1 rings (SSSR count). The van der Waals surface area contributed by atoms with Crippen molar-refractivity contribution in [3.63, 3.8) is 0 Å². The lowest BCUT2D eigenvalue weighted by Crippen LogP contribution is -2.31. The summed E-state index contributed by atoms with van der Waals surface area (Å²) >= 11 is 0. The molecule has 0 bridgehead atoms. The van der Waals surface area contributed by atoms with E-state index in [1.54, 1.807) is 24.3 Å². The number of carbonyl (C=O) groups excluding carboxylic acids is 1. The van der Waals surface area contributed by atoms with Crippen molar-refractivity contribution in [1.29, 1.82) is 0 Å². The molecule has 0 saturated heterocycles. The van der Waals surface area contributed by atoms with Crippen molar-refractivity contribution in [3.05, 3.63) is 30.1 Å². The predicted octanol–water partition coefficient (Wildman–Crippen LogP) is 0.950. The van der Waals surface area contributed by atoms with Gasteiger partial charge in [-0.3, -0.25) is 9.78 Å². The van der Waals surface area contributed by atoms with Gasteiger partial charge in [-0.1, -0.05) is 0 Å². The van der Waals surface area contributed by atoms with Gasteiger partial charge in [-0.05, 0) is 24.6 Å². The van der Waals surface area contributed by atoms with E-state index in [0.29, 0.717) is 13.0 Å². The number of nitrogens with two attached hydrogens (primary N) is 1. The molecule has 4 nitrogen and oxygen atoms in total. The fourth-order valence-electron chi connectivity index (χ4n) is 1.38. The maximum atomic E-state index is 11.6. The molecule has 2 N–H and O–H groups in total. The smallest absolute Gasteiger partial charge is 0.224 e. The summed E-state index contributed by atoms with van der Waals surface area (Å²) in [6.07, 6.45) is 3.85. The lowest BCUT2D eigenvalue weighted by atomic mass is 10.1. The van der Waals surface area contributed by atoms with Crippen molar-refractivity contribution in [2.24, 2.45) is 5.73 Å². The second-order valence-corrected chi connectivity index (χ2v) is 3.50. The zero-order chi connectivity index (χ0) is 11.3. The Morgan fingerprint density at radius 3 is 2.67 bits per heavy atom. The highest BCUT2D eigenvalue weighted by molar-refractivity contribution is 5.76. The fraction of sp³-hybridized carbons (Fsp3) is 0.455. The van der Waals surface area contributed by atoms with Gasteiger partial charge in [0.1, 0.15) is 0 Å². The molecular formula is C11H17N3O. The van der Waals surface area contributed by atoms with Crippen molar-refractivity contribution in [1.82, 2.24) is 9.88 Å². The molecule has 0 aromatic carbocycles. The number of nitrogens with zero attached hydrogens (tertiary/aromatic N) is 2. The number of hydrogen-bond acceptors (Lipinski definition) is 3. The normalized spacial score (nSPS) is 12.2. The van der Waals surface area contributed by atoms with Crippen LogP contribution in [0, 0.1) is 0 Å². The molecule has 0 fully saturated rings. The van der Waals surface area contributed by atoms with E-state index in [9.17, 15) is 4.79 Å². The standard InChI is InChI=1S/C11H17N3O/c1-9(10-4-7-13-8-5-10)14(2)11(15)3-6-12/h4-5,7-9H,3,6,12H2,1-2H3. The number of amides is 1. The van der Waals surface area contributed by atoms with Crippen molar-refractivity contribution in [3.8, 4) is 0 Å². The van der Waals surface area contributed by atoms with Crippen LogP contribution in [0.1, 0.15) is 24.9 Å². The van der Waals surface area contributed by atoms with Crippen LogP contribution in [0.4, 0.5) is 0 Å². The van der Waals surface area contributed by atoms with Gasteiger partial charge in [-0.25, -0.2) is 0 Å². The molecule has 0 aliphatic rings. The third kappa shape index (κ3) is 3.02. The molecule has 1 heterocycles. The van der Waals surface area contributed by atoms with E-state index in [-0.39, 0.29) is 11.9 Å². The van der Waals surface area contributed by atoms with Gasteiger partial charge in [-0.2, -0.15) is 0 Å². The summed E-state index contributed by atoms with van der Waals surface area (Å²) in [6, 6.07) is 3.89. The quantitative estimate of drug-likeness (QED) is 0.799. The van der Waals surface area contributed by atoms with Gasteiger partial charge in [0, 0.05) is 32.4 Å². The second kappa shape index (κ2) is 5.46. The molecule has 0 aliphatic heterocycles. The lowest BCUT2D eigenvalue weighted by Gasteiger charge is -2.25. The highest BCUT2D eigenvalue weighted by atomic mass is 16.2. The van der Waals surface area contributed by atoms with Gasteiger partial charge < -0.3 is 10.6 Å². The van der Waals surface area contributed by atoms with Crippen molar-refractivity contribution < 1.29 is 4.79 Å². The summed E-state index contributed by atoms with van der Waals surface area (Å²) in [5.41, 5.74) is 6.43. The van der Waals surface area contributed by atoms with Crippen LogP contribution in [-0.4, -0.2) is 29.4 Å². The maximum absolute atomic E-state index is 11.6. The second-order valence-electron chi connectivity index (χ2n) is 3.50. The van der Waals surface area contributed by atoms with E-state index in [1.165, 1.54) is 0 Å². The van der Waals surface area contributed by atoms with Crippen LogP contribution < -0.4 is 5.73 Å². The average molecular weight is 207 g/mol. The topological polar surface area (TPSA) is 59.2 Å². The Balaban J connectivity index is 2.68. The third-order valence-corrected chi connectivity index (χ3v) is 2.52. The molecule has 1 amide bonds. The molecule has 4 heteroatoms. The molecule has 0 spiro atoms. The van der Waals surface area contributed by atoms with E-state index < -0.39 is 0 Å². The molecule has 82 valence electrons. The monoisotopic (exact) mass is 207 g/mol. The summed E-state index contributed by atoms with van der Waals surface area (Å²) in [4.78, 5) is 17.2. The minimum Gasteiger partial charge on any atom is -0.339 e. The van der Waals surface area contributed by atoms with Crippen LogP contribution in [0.25, 0.3) is 0 Å². The Hall–Kier alpha value is -1.42. The minimum atomic E-state index is 0.0621. The van der Waals surface area contributed by atoms with Gasteiger partial charge in [0.2, 0.25) is 5.91 Å². The number of hydrogen-bond donors (Lipinski definition) is 1. The van der Waals surface area contributed by atoms with Crippen LogP contribution in [0.2, 0.25) is 0 Å². The Kier molecular flexibility index (Phi) is 4.24. The molecule has 1 aromatic heterocycles. The Morgan fingerprint density at radius 2 is 2.13 bits per heavy atom. The van der Waals surface area contributed by atoms with Gasteiger partial charge in [0.05, 0.1) is 6.04 Å². The van der Waals surface area contributed by atoms with Crippen molar-refractivity contribution in [2.75, 3.05) is 13.6 Å². The zero-order valence-electron chi connectivity index (χ0n) is 9.18. The number of pyridine rings is 1. The highest BCUT2D eigenvalue weighted by Crippen LogP contribution is 2.17. The van der Waals surface area contributed by atoms with Crippen LogP contribution in [0.5, 0.6) is 0 Å². The molecule has 0 saturated carbocycles. The Bertz CT molecular complexity index is 313. The fourth-order valence-corrected chi connectivity index (χ4v) is 1.38. The largest absolute Gasteiger partial charge is 0.339 e. The zero-order valence-corrected chi connectivity index (χ0v) is 9.18. The Labute approximate surface area is 90.1 Å². The summed E-state index contributed by atoms with van der Waals surface area (Å²) < 4.78 is 0. The number of carbonyl (C=O) groups is 1. The summed E-state index contributed by atoms with van der Waals surface area (Å²) in [5, 5.41) is 0. The number of aromatic nitrogens is 1. The summed E-state index contributed by atoms with van der Waals surface area (Å²) in [5.74, 6) is 0.0711. The minimum absolute atomic E-state index is 0.0621. The lowest BCUT2D eigenvalue weighted by molar-refractivity contribution is -0.131. The first kappa shape index (κ1) is 11.7. The maximum Gasteiger partial charge on any atom is 0.224 e. The van der Waals surface area contributed by atoms with Crippen LogP contribution in [0.15, 0.2) is 24.5 Å². The molecule has 15 heavy (non-hydrogen) atoms. The summed E-state index contributed by atoms with van der Waals surface area (Å²) in [6.45, 7) is 2.38. The van der Waals surface area contributed by atoms with E-state index in [1.807, 2.05) is 19.1 Å². The van der Waals surface area contributed by atoms with E-state index >= 15 is 0 Å². The molecule has 0 aliphatic carbocycles. The van der Waals surface area contributed by atoms with E-state index in [2.05, 4.69) is 4.98 Å². The molecule has 0 radical (unpaired) electrons. The summed E-state index contributed by atoms with van der Waals surface area (Å²) in [7, 11) is 1.79. The number of rotatable bonds is 4. The molecular weight excluding hydrogens is 190 g/mol. The van der Waals surface area contributed by atoms with Crippen LogP contribution in [-0.2, 0) is 4.79 Å². The van der Waals surface area contributed by atoms with Crippen LogP contribution >= 0.6 is 0 Å². The predicted molar refractivity (Wildman–Crippen MR) is 59.1 cm³/mol.